The third-order valence-electron chi connectivity index (χ3n) is 6.82. The van der Waals surface area contributed by atoms with Crippen molar-refractivity contribution in [2.45, 2.75) is 0 Å². The zero-order chi connectivity index (χ0) is 26.9. The molecule has 0 radical (unpaired) electrons. The van der Waals surface area contributed by atoms with Crippen LogP contribution in [0.15, 0.2) is 127 Å². The number of fused-ring (bicyclic) bond motifs is 2. The third kappa shape index (κ3) is 4.53. The van der Waals surface area contributed by atoms with E-state index >= 15 is 0 Å². The van der Waals surface area contributed by atoms with Crippen LogP contribution in [0.2, 0.25) is 0 Å². The second-order valence-electron chi connectivity index (χ2n) is 9.16. The van der Waals surface area contributed by atoms with Crippen LogP contribution in [0.1, 0.15) is 0 Å². The molecule has 0 amide bonds. The zero-order valence-electron chi connectivity index (χ0n) is 20.6. The van der Waals surface area contributed by atoms with Crippen LogP contribution < -0.4 is 4.90 Å². The molecule has 0 aliphatic carbocycles. The van der Waals surface area contributed by atoms with Crippen molar-refractivity contribution in [2.24, 2.45) is 0 Å². The molecule has 0 aromatic heterocycles. The first-order chi connectivity index (χ1) is 19.0. The van der Waals surface area contributed by atoms with Gasteiger partial charge in [-0.15, -0.1) is 0 Å². The van der Waals surface area contributed by atoms with Gasteiger partial charge in [-0.2, -0.15) is 0 Å². The van der Waals surface area contributed by atoms with E-state index in [0.29, 0.717) is 11.4 Å². The predicted octanol–water partition coefficient (Wildman–Crippen LogP) is 8.95. The number of nitrogens with zero attached hydrogens (tertiary/aromatic N) is 3. The summed E-state index contributed by atoms with van der Waals surface area (Å²) in [4.78, 5) is 23.4. The molecule has 0 fully saturated rings. The molecule has 6 aromatic carbocycles. The molecule has 0 N–H and O–H groups in total. The molecule has 0 heterocycles. The maximum Gasteiger partial charge on any atom is 0.269 e. The van der Waals surface area contributed by atoms with E-state index in [1.807, 2.05) is 41.3 Å². The van der Waals surface area contributed by atoms with Gasteiger partial charge in [0.05, 0.1) is 9.85 Å². The molecule has 39 heavy (non-hydrogen) atoms. The predicted molar refractivity (Wildman–Crippen MR) is 155 cm³/mol. The van der Waals surface area contributed by atoms with Crippen molar-refractivity contribution in [1.29, 1.82) is 0 Å². The van der Waals surface area contributed by atoms with Gasteiger partial charge in [0.25, 0.3) is 11.4 Å². The molecular weight excluding hydrogens is 490 g/mol. The number of non-ortho nitro benzene ring substituents is 2. The molecule has 6 aromatic rings. The summed E-state index contributed by atoms with van der Waals surface area (Å²) in [6.07, 6.45) is 0. The van der Waals surface area contributed by atoms with E-state index < -0.39 is 9.85 Å². The Kier molecular flexibility index (Phi) is 5.93. The molecule has 0 aliphatic heterocycles. The highest BCUT2D eigenvalue weighted by molar-refractivity contribution is 6.05. The first-order valence-corrected chi connectivity index (χ1v) is 12.3. The SMILES string of the molecule is O=[N+]([O-])c1ccc(N(c2ccc(-c3cccc4cc5ccccc5cc34)cc2)c2ccc([N+](=O)[O-])cc2)cc1. The molecule has 7 nitrogen and oxygen atoms in total. The summed E-state index contributed by atoms with van der Waals surface area (Å²) in [5, 5.41) is 27.1. The average molecular weight is 512 g/mol. The van der Waals surface area contributed by atoms with Gasteiger partial charge < -0.3 is 4.90 Å². The second kappa shape index (κ2) is 9.72. The summed E-state index contributed by atoms with van der Waals surface area (Å²) in [6.45, 7) is 0. The summed E-state index contributed by atoms with van der Waals surface area (Å²) in [5.74, 6) is 0. The lowest BCUT2D eigenvalue weighted by Gasteiger charge is -2.25. The van der Waals surface area contributed by atoms with Gasteiger partial charge in [0.15, 0.2) is 0 Å². The van der Waals surface area contributed by atoms with Crippen LogP contribution in [0.3, 0.4) is 0 Å². The molecule has 0 aliphatic rings. The van der Waals surface area contributed by atoms with Crippen LogP contribution in [0.25, 0.3) is 32.7 Å². The summed E-state index contributed by atoms with van der Waals surface area (Å²) >= 11 is 0. The number of nitro benzene ring substituents is 2. The second-order valence-corrected chi connectivity index (χ2v) is 9.16. The van der Waals surface area contributed by atoms with Gasteiger partial charge >= 0.3 is 0 Å². The highest BCUT2D eigenvalue weighted by atomic mass is 16.6. The number of benzene rings is 6. The maximum absolute atomic E-state index is 11.2. The highest BCUT2D eigenvalue weighted by Crippen LogP contribution is 2.38. The lowest BCUT2D eigenvalue weighted by atomic mass is 9.95. The average Bonchev–Trinajstić information content (AvgIpc) is 2.97. The van der Waals surface area contributed by atoms with Gasteiger partial charge in [-0.05, 0) is 81.2 Å². The van der Waals surface area contributed by atoms with Crippen molar-refractivity contribution in [2.75, 3.05) is 4.90 Å². The van der Waals surface area contributed by atoms with Gasteiger partial charge in [-0.1, -0.05) is 54.6 Å². The minimum atomic E-state index is -0.442. The topological polar surface area (TPSA) is 89.5 Å². The van der Waals surface area contributed by atoms with Crippen molar-refractivity contribution in [3.63, 3.8) is 0 Å². The van der Waals surface area contributed by atoms with Crippen molar-refractivity contribution in [3.05, 3.63) is 148 Å². The van der Waals surface area contributed by atoms with E-state index in [-0.39, 0.29) is 11.4 Å². The smallest absolute Gasteiger partial charge is 0.269 e. The number of rotatable bonds is 6. The number of hydrogen-bond acceptors (Lipinski definition) is 5. The first-order valence-electron chi connectivity index (χ1n) is 12.3. The van der Waals surface area contributed by atoms with E-state index in [4.69, 9.17) is 0 Å². The van der Waals surface area contributed by atoms with Crippen molar-refractivity contribution in [3.8, 4) is 11.1 Å². The summed E-state index contributed by atoms with van der Waals surface area (Å²) in [7, 11) is 0. The van der Waals surface area contributed by atoms with Gasteiger partial charge in [-0.25, -0.2) is 0 Å². The Balaban J connectivity index is 1.43. The Labute approximate surface area is 223 Å². The minimum Gasteiger partial charge on any atom is -0.310 e. The third-order valence-corrected chi connectivity index (χ3v) is 6.82. The fourth-order valence-electron chi connectivity index (χ4n) is 4.90. The van der Waals surface area contributed by atoms with E-state index in [2.05, 4.69) is 42.5 Å². The number of nitro groups is 2. The van der Waals surface area contributed by atoms with Crippen molar-refractivity contribution < 1.29 is 9.85 Å². The summed E-state index contributed by atoms with van der Waals surface area (Å²) in [6, 6.07) is 39.5. The van der Waals surface area contributed by atoms with E-state index in [0.717, 1.165) is 27.6 Å². The van der Waals surface area contributed by atoms with Crippen LogP contribution in [0.5, 0.6) is 0 Å². The Morgan fingerprint density at radius 3 is 1.46 bits per heavy atom. The lowest BCUT2D eigenvalue weighted by molar-refractivity contribution is -0.385. The maximum atomic E-state index is 11.2. The Hall–Kier alpha value is -5.56. The molecule has 0 saturated carbocycles. The molecule has 6 rings (SSSR count). The van der Waals surface area contributed by atoms with E-state index in [1.54, 1.807) is 24.3 Å². The monoisotopic (exact) mass is 511 g/mol. The van der Waals surface area contributed by atoms with Crippen LogP contribution in [-0.4, -0.2) is 9.85 Å². The van der Waals surface area contributed by atoms with Gasteiger partial charge in [-0.3, -0.25) is 20.2 Å². The zero-order valence-corrected chi connectivity index (χ0v) is 20.6. The quantitative estimate of drug-likeness (QED) is 0.126. The van der Waals surface area contributed by atoms with Gasteiger partial charge in [0, 0.05) is 41.3 Å². The summed E-state index contributed by atoms with van der Waals surface area (Å²) < 4.78 is 0. The fourth-order valence-corrected chi connectivity index (χ4v) is 4.90. The van der Waals surface area contributed by atoms with Crippen LogP contribution in [0.4, 0.5) is 28.4 Å². The number of anilines is 3. The number of hydrogen-bond donors (Lipinski definition) is 0. The van der Waals surface area contributed by atoms with E-state index in [9.17, 15) is 20.2 Å². The molecular formula is C32H21N3O4. The normalized spacial score (nSPS) is 11.0. The molecule has 0 saturated heterocycles. The molecule has 188 valence electrons. The van der Waals surface area contributed by atoms with Crippen LogP contribution >= 0.6 is 0 Å². The molecule has 0 atom stereocenters. The fraction of sp³-hybridized carbons (Fsp3) is 0. The minimum absolute atomic E-state index is 0.0128. The van der Waals surface area contributed by atoms with Crippen molar-refractivity contribution in [1.82, 2.24) is 0 Å². The van der Waals surface area contributed by atoms with Crippen LogP contribution in [-0.2, 0) is 0 Å². The lowest BCUT2D eigenvalue weighted by Crippen LogP contribution is -2.10. The van der Waals surface area contributed by atoms with E-state index in [1.165, 1.54) is 35.0 Å². The first kappa shape index (κ1) is 23.8. The van der Waals surface area contributed by atoms with Crippen LogP contribution in [0, 0.1) is 20.2 Å². The Morgan fingerprint density at radius 1 is 0.487 bits per heavy atom. The molecule has 7 heteroatoms. The van der Waals surface area contributed by atoms with Gasteiger partial charge in [0.2, 0.25) is 0 Å². The standard InChI is InChI=1S/C32H21N3O4/c36-34(37)29-16-12-27(13-17-29)33(28-14-18-30(19-15-28)35(38)39)26-10-8-22(9-11-26)31-7-3-6-25-20-23-4-1-2-5-24(23)21-32(25)31/h1-21H. The molecule has 0 bridgehead atoms. The highest BCUT2D eigenvalue weighted by Gasteiger charge is 2.16. The Bertz CT molecular complexity index is 1790. The van der Waals surface area contributed by atoms with Gasteiger partial charge in [0.1, 0.15) is 0 Å². The van der Waals surface area contributed by atoms with Crippen molar-refractivity contribution >= 4 is 50.0 Å². The molecule has 0 unspecified atom stereocenters. The molecule has 0 spiro atoms. The largest absolute Gasteiger partial charge is 0.310 e. The Morgan fingerprint density at radius 2 is 0.949 bits per heavy atom. The summed E-state index contributed by atoms with van der Waals surface area (Å²) in [5.41, 5.74) is 4.33.